The van der Waals surface area contributed by atoms with Crippen LogP contribution in [0.4, 0.5) is 0 Å². The summed E-state index contributed by atoms with van der Waals surface area (Å²) in [5.74, 6) is 0.996. The van der Waals surface area contributed by atoms with E-state index in [1.54, 1.807) is 0 Å². The zero-order valence-corrected chi connectivity index (χ0v) is 11.4. The van der Waals surface area contributed by atoms with Gasteiger partial charge in [0.05, 0.1) is 12.6 Å². The molecule has 2 N–H and O–H groups in total. The number of nitrogens with two attached hydrogens (primary N) is 1. The predicted molar refractivity (Wildman–Crippen MR) is 77.6 cm³/mol. The molecule has 0 aromatic heterocycles. The van der Waals surface area contributed by atoms with E-state index >= 15 is 0 Å². The molecule has 0 spiro atoms. The molecule has 0 aliphatic carbocycles. The van der Waals surface area contributed by atoms with E-state index < -0.39 is 0 Å². The molecule has 98 valence electrons. The molecule has 0 saturated carbocycles. The normalized spacial score (nSPS) is 14.9. The molecule has 3 rings (SSSR count). The second-order valence-corrected chi connectivity index (χ2v) is 5.27. The van der Waals surface area contributed by atoms with Gasteiger partial charge >= 0.3 is 0 Å². The lowest BCUT2D eigenvalue weighted by Gasteiger charge is -2.18. The third-order valence-electron chi connectivity index (χ3n) is 3.85. The fourth-order valence-electron chi connectivity index (χ4n) is 2.75. The molecule has 19 heavy (non-hydrogen) atoms. The third kappa shape index (κ3) is 2.13. The summed E-state index contributed by atoms with van der Waals surface area (Å²) < 4.78 is 5.76. The molecule has 0 bridgehead atoms. The Balaban J connectivity index is 2.07. The van der Waals surface area contributed by atoms with Crippen molar-refractivity contribution in [3.63, 3.8) is 0 Å². The molecule has 1 aliphatic heterocycles. The maximum atomic E-state index is 6.48. The largest absolute Gasteiger partial charge is 0.493 e. The number of fused-ring (bicyclic) bond motifs is 1. The molecule has 0 fully saturated rings. The van der Waals surface area contributed by atoms with E-state index in [4.69, 9.17) is 10.5 Å². The SMILES string of the molecule is Cc1ccc(C)c(C(N)c2cccc3c2OCC3)c1. The number of rotatable bonds is 2. The Labute approximate surface area is 114 Å². The van der Waals surface area contributed by atoms with Gasteiger partial charge in [0.2, 0.25) is 0 Å². The van der Waals surface area contributed by atoms with Crippen molar-refractivity contribution in [2.75, 3.05) is 6.61 Å². The zero-order chi connectivity index (χ0) is 13.4. The molecule has 1 unspecified atom stereocenters. The minimum Gasteiger partial charge on any atom is -0.493 e. The summed E-state index contributed by atoms with van der Waals surface area (Å²) in [5, 5.41) is 0. The predicted octanol–water partition coefficient (Wildman–Crippen LogP) is 3.29. The van der Waals surface area contributed by atoms with Gasteiger partial charge in [0.1, 0.15) is 5.75 Å². The zero-order valence-electron chi connectivity index (χ0n) is 11.4. The quantitative estimate of drug-likeness (QED) is 0.891. The number of para-hydroxylation sites is 1. The first-order valence-electron chi connectivity index (χ1n) is 6.74. The van der Waals surface area contributed by atoms with Crippen molar-refractivity contribution in [3.05, 3.63) is 64.2 Å². The molecule has 2 heteroatoms. The second kappa shape index (κ2) is 4.71. The van der Waals surface area contributed by atoms with Crippen molar-refractivity contribution in [1.29, 1.82) is 0 Å². The number of hydrogen-bond acceptors (Lipinski definition) is 2. The first kappa shape index (κ1) is 12.2. The summed E-state index contributed by atoms with van der Waals surface area (Å²) in [4.78, 5) is 0. The lowest BCUT2D eigenvalue weighted by atomic mass is 9.92. The van der Waals surface area contributed by atoms with Crippen molar-refractivity contribution in [1.82, 2.24) is 0 Å². The second-order valence-electron chi connectivity index (χ2n) is 5.27. The maximum Gasteiger partial charge on any atom is 0.127 e. The summed E-state index contributed by atoms with van der Waals surface area (Å²) in [6.45, 7) is 4.98. The molecule has 2 aromatic rings. The van der Waals surface area contributed by atoms with Crippen LogP contribution in [0.1, 0.15) is 33.9 Å². The summed E-state index contributed by atoms with van der Waals surface area (Å²) in [6, 6.07) is 12.6. The Morgan fingerprint density at radius 3 is 2.79 bits per heavy atom. The molecule has 1 aliphatic rings. The Bertz CT molecular complexity index is 619. The van der Waals surface area contributed by atoms with E-state index in [2.05, 4.69) is 50.2 Å². The van der Waals surface area contributed by atoms with Crippen LogP contribution in [0, 0.1) is 13.8 Å². The van der Waals surface area contributed by atoms with Crippen LogP contribution >= 0.6 is 0 Å². The lowest BCUT2D eigenvalue weighted by molar-refractivity contribution is 0.352. The van der Waals surface area contributed by atoms with Crippen LogP contribution in [0.2, 0.25) is 0 Å². The minimum absolute atomic E-state index is 0.118. The van der Waals surface area contributed by atoms with E-state index in [-0.39, 0.29) is 6.04 Å². The minimum atomic E-state index is -0.118. The van der Waals surface area contributed by atoms with Crippen molar-refractivity contribution < 1.29 is 4.74 Å². The molecule has 0 saturated heterocycles. The molecule has 1 heterocycles. The van der Waals surface area contributed by atoms with Crippen LogP contribution < -0.4 is 10.5 Å². The average molecular weight is 253 g/mol. The summed E-state index contributed by atoms with van der Waals surface area (Å²) in [7, 11) is 0. The fourth-order valence-corrected chi connectivity index (χ4v) is 2.75. The third-order valence-corrected chi connectivity index (χ3v) is 3.85. The average Bonchev–Trinajstić information content (AvgIpc) is 2.89. The van der Waals surface area contributed by atoms with Crippen LogP contribution in [0.25, 0.3) is 0 Å². The van der Waals surface area contributed by atoms with Crippen LogP contribution in [0.3, 0.4) is 0 Å². The molecular formula is C17H19NO. The van der Waals surface area contributed by atoms with E-state index in [1.807, 2.05) is 0 Å². The topological polar surface area (TPSA) is 35.2 Å². The standard InChI is InChI=1S/C17H19NO/c1-11-6-7-12(2)15(10-11)16(18)14-5-3-4-13-8-9-19-17(13)14/h3-7,10,16H,8-9,18H2,1-2H3. The summed E-state index contributed by atoms with van der Waals surface area (Å²) in [6.07, 6.45) is 0.989. The van der Waals surface area contributed by atoms with E-state index in [1.165, 1.54) is 22.3 Å². The van der Waals surface area contributed by atoms with E-state index in [9.17, 15) is 0 Å². The Kier molecular flexibility index (Phi) is 3.03. The Morgan fingerprint density at radius 2 is 1.95 bits per heavy atom. The summed E-state index contributed by atoms with van der Waals surface area (Å²) in [5.41, 5.74) is 12.5. The van der Waals surface area contributed by atoms with Gasteiger partial charge in [0.15, 0.2) is 0 Å². The lowest BCUT2D eigenvalue weighted by Crippen LogP contribution is -2.14. The first-order valence-corrected chi connectivity index (χ1v) is 6.74. The number of benzene rings is 2. The van der Waals surface area contributed by atoms with E-state index in [0.717, 1.165) is 24.3 Å². The number of hydrogen-bond donors (Lipinski definition) is 1. The Hall–Kier alpha value is -1.80. The highest BCUT2D eigenvalue weighted by Crippen LogP contribution is 2.35. The Morgan fingerprint density at radius 1 is 1.11 bits per heavy atom. The summed E-state index contributed by atoms with van der Waals surface area (Å²) >= 11 is 0. The molecule has 0 radical (unpaired) electrons. The van der Waals surface area contributed by atoms with Crippen LogP contribution in [-0.4, -0.2) is 6.61 Å². The monoisotopic (exact) mass is 253 g/mol. The van der Waals surface area contributed by atoms with Gasteiger partial charge in [0.25, 0.3) is 0 Å². The fraction of sp³-hybridized carbons (Fsp3) is 0.294. The molecular weight excluding hydrogens is 234 g/mol. The van der Waals surface area contributed by atoms with Gasteiger partial charge in [-0.05, 0) is 30.5 Å². The molecule has 2 aromatic carbocycles. The first-order chi connectivity index (χ1) is 9.16. The molecule has 0 amide bonds. The highest BCUT2D eigenvalue weighted by atomic mass is 16.5. The van der Waals surface area contributed by atoms with Gasteiger partial charge in [-0.2, -0.15) is 0 Å². The van der Waals surface area contributed by atoms with Crippen molar-refractivity contribution >= 4 is 0 Å². The molecule has 2 nitrogen and oxygen atoms in total. The van der Waals surface area contributed by atoms with Crippen molar-refractivity contribution in [2.24, 2.45) is 5.73 Å². The van der Waals surface area contributed by atoms with Gasteiger partial charge in [-0.25, -0.2) is 0 Å². The van der Waals surface area contributed by atoms with Gasteiger partial charge in [-0.3, -0.25) is 0 Å². The van der Waals surface area contributed by atoms with Gasteiger partial charge in [-0.1, -0.05) is 42.0 Å². The van der Waals surface area contributed by atoms with Gasteiger partial charge < -0.3 is 10.5 Å². The van der Waals surface area contributed by atoms with Crippen molar-refractivity contribution in [3.8, 4) is 5.75 Å². The smallest absolute Gasteiger partial charge is 0.127 e. The highest BCUT2D eigenvalue weighted by Gasteiger charge is 2.21. The van der Waals surface area contributed by atoms with Crippen LogP contribution in [0.15, 0.2) is 36.4 Å². The van der Waals surface area contributed by atoms with E-state index in [0.29, 0.717) is 0 Å². The van der Waals surface area contributed by atoms with Crippen LogP contribution in [-0.2, 0) is 6.42 Å². The van der Waals surface area contributed by atoms with Crippen LogP contribution in [0.5, 0.6) is 5.75 Å². The number of aryl methyl sites for hydroxylation is 2. The highest BCUT2D eigenvalue weighted by molar-refractivity contribution is 5.50. The maximum absolute atomic E-state index is 6.48. The van der Waals surface area contributed by atoms with Gasteiger partial charge in [0, 0.05) is 12.0 Å². The van der Waals surface area contributed by atoms with Gasteiger partial charge in [-0.15, -0.1) is 0 Å². The van der Waals surface area contributed by atoms with Crippen molar-refractivity contribution in [2.45, 2.75) is 26.3 Å². The number of ether oxygens (including phenoxy) is 1. The molecule has 1 atom stereocenters.